The van der Waals surface area contributed by atoms with Crippen LogP contribution in [0.15, 0.2) is 29.4 Å². The van der Waals surface area contributed by atoms with Crippen molar-refractivity contribution in [1.29, 1.82) is 0 Å². The van der Waals surface area contributed by atoms with Gasteiger partial charge in [0.05, 0.1) is 10.9 Å². The number of benzene rings is 1. The maximum atomic E-state index is 13.8. The highest BCUT2D eigenvalue weighted by molar-refractivity contribution is 8.00. The number of hydrogen-bond donors (Lipinski definition) is 1. The molecule has 1 aromatic heterocycles. The van der Waals surface area contributed by atoms with Crippen LogP contribution in [0.3, 0.4) is 0 Å². The molecular formula is C19H24FN5OS. The lowest BCUT2D eigenvalue weighted by Gasteiger charge is -2.28. The van der Waals surface area contributed by atoms with Gasteiger partial charge in [-0.25, -0.2) is 4.39 Å². The monoisotopic (exact) mass is 389 g/mol. The minimum absolute atomic E-state index is 0.201. The Hall–Kier alpha value is -2.09. The van der Waals surface area contributed by atoms with Crippen LogP contribution >= 0.6 is 11.8 Å². The van der Waals surface area contributed by atoms with Gasteiger partial charge in [-0.05, 0) is 51.2 Å². The maximum absolute atomic E-state index is 13.8. The molecule has 2 heterocycles. The van der Waals surface area contributed by atoms with Crippen molar-refractivity contribution in [3.8, 4) is 0 Å². The Morgan fingerprint density at radius 1 is 1.22 bits per heavy atom. The quantitative estimate of drug-likeness (QED) is 0.760. The second-order valence-corrected chi connectivity index (χ2v) is 8.47. The molecule has 144 valence electrons. The maximum Gasteiger partial charge on any atom is 0.237 e. The summed E-state index contributed by atoms with van der Waals surface area (Å²) in [6, 6.07) is 6.63. The summed E-state index contributed by atoms with van der Waals surface area (Å²) < 4.78 is 16.0. The Labute approximate surface area is 162 Å². The minimum Gasteiger partial charge on any atom is -0.341 e. The molecule has 1 saturated carbocycles. The van der Waals surface area contributed by atoms with E-state index in [4.69, 9.17) is 0 Å². The van der Waals surface area contributed by atoms with Crippen LogP contribution in [0.1, 0.15) is 45.1 Å². The third-order valence-electron chi connectivity index (χ3n) is 4.98. The third kappa shape index (κ3) is 4.10. The summed E-state index contributed by atoms with van der Waals surface area (Å²) in [5.41, 5.74) is 0.201. The second kappa shape index (κ2) is 7.88. The average Bonchev–Trinajstić information content (AvgIpc) is 3.44. The van der Waals surface area contributed by atoms with Crippen molar-refractivity contribution >= 4 is 29.3 Å². The lowest BCUT2D eigenvalue weighted by molar-refractivity contribution is -0.115. The van der Waals surface area contributed by atoms with Crippen LogP contribution in [-0.2, 0) is 4.79 Å². The number of nitrogens with zero attached hydrogens (tertiary/aromatic N) is 4. The van der Waals surface area contributed by atoms with Gasteiger partial charge in [-0.3, -0.25) is 9.36 Å². The SMILES string of the molecule is CC(Sc1nnc(N2CCCCC2)n1C1CC1)C(=O)Nc1ccccc1F. The van der Waals surface area contributed by atoms with E-state index in [0.29, 0.717) is 6.04 Å². The molecule has 1 saturated heterocycles. The number of hydrogen-bond acceptors (Lipinski definition) is 5. The van der Waals surface area contributed by atoms with Crippen LogP contribution in [0.4, 0.5) is 16.0 Å². The van der Waals surface area contributed by atoms with Crippen molar-refractivity contribution in [3.63, 3.8) is 0 Å². The van der Waals surface area contributed by atoms with Gasteiger partial charge in [0, 0.05) is 19.1 Å². The predicted molar refractivity (Wildman–Crippen MR) is 105 cm³/mol. The number of amides is 1. The normalized spacial score (nSPS) is 18.4. The van der Waals surface area contributed by atoms with Gasteiger partial charge in [-0.15, -0.1) is 10.2 Å². The molecule has 0 bridgehead atoms. The van der Waals surface area contributed by atoms with E-state index in [2.05, 4.69) is 25.0 Å². The topological polar surface area (TPSA) is 63.1 Å². The molecule has 0 radical (unpaired) electrons. The summed E-state index contributed by atoms with van der Waals surface area (Å²) in [6.45, 7) is 3.84. The van der Waals surface area contributed by atoms with Crippen molar-refractivity contribution in [3.05, 3.63) is 30.1 Å². The van der Waals surface area contributed by atoms with Gasteiger partial charge in [0.1, 0.15) is 5.82 Å². The van der Waals surface area contributed by atoms with Crippen molar-refractivity contribution < 1.29 is 9.18 Å². The Kier molecular flexibility index (Phi) is 5.33. The van der Waals surface area contributed by atoms with Crippen LogP contribution in [0.2, 0.25) is 0 Å². The Morgan fingerprint density at radius 2 is 1.96 bits per heavy atom. The molecule has 8 heteroatoms. The van der Waals surface area contributed by atoms with E-state index in [1.807, 2.05) is 6.92 Å². The summed E-state index contributed by atoms with van der Waals surface area (Å²) in [5, 5.41) is 11.8. The van der Waals surface area contributed by atoms with E-state index in [0.717, 1.165) is 37.0 Å². The fraction of sp³-hybridized carbons (Fsp3) is 0.526. The zero-order chi connectivity index (χ0) is 18.8. The molecule has 1 aliphatic carbocycles. The smallest absolute Gasteiger partial charge is 0.237 e. The van der Waals surface area contributed by atoms with E-state index in [9.17, 15) is 9.18 Å². The summed E-state index contributed by atoms with van der Waals surface area (Å²) in [4.78, 5) is 14.8. The highest BCUT2D eigenvalue weighted by Crippen LogP contribution is 2.42. The van der Waals surface area contributed by atoms with Crippen LogP contribution in [0.25, 0.3) is 0 Å². The predicted octanol–water partition coefficient (Wildman–Crippen LogP) is 3.86. The molecule has 1 aromatic carbocycles. The van der Waals surface area contributed by atoms with Crippen molar-refractivity contribution in [1.82, 2.24) is 14.8 Å². The largest absolute Gasteiger partial charge is 0.341 e. The van der Waals surface area contributed by atoms with Gasteiger partial charge < -0.3 is 10.2 Å². The van der Waals surface area contributed by atoms with Gasteiger partial charge in [-0.2, -0.15) is 0 Å². The molecule has 1 aliphatic heterocycles. The first-order chi connectivity index (χ1) is 13.1. The highest BCUT2D eigenvalue weighted by Gasteiger charge is 2.33. The van der Waals surface area contributed by atoms with Crippen molar-refractivity contribution in [2.45, 2.75) is 55.5 Å². The minimum atomic E-state index is -0.434. The first-order valence-electron chi connectivity index (χ1n) is 9.55. The number of piperidine rings is 1. The van der Waals surface area contributed by atoms with Crippen LogP contribution in [0, 0.1) is 5.82 Å². The average molecular weight is 390 g/mol. The number of carbonyl (C=O) groups excluding carboxylic acids is 1. The number of carbonyl (C=O) groups is 1. The first kappa shape index (κ1) is 18.3. The molecule has 2 aliphatic rings. The van der Waals surface area contributed by atoms with Crippen molar-refractivity contribution in [2.75, 3.05) is 23.3 Å². The van der Waals surface area contributed by atoms with Gasteiger partial charge >= 0.3 is 0 Å². The Morgan fingerprint density at radius 3 is 2.67 bits per heavy atom. The molecule has 0 spiro atoms. The summed E-state index contributed by atoms with van der Waals surface area (Å²) in [7, 11) is 0. The number of halogens is 1. The number of rotatable bonds is 6. The van der Waals surface area contributed by atoms with Gasteiger partial charge in [0.25, 0.3) is 0 Å². The van der Waals surface area contributed by atoms with Crippen LogP contribution in [-0.4, -0.2) is 39.0 Å². The molecule has 4 rings (SSSR count). The lowest BCUT2D eigenvalue weighted by atomic mass is 10.1. The molecule has 1 amide bonds. The third-order valence-corrected chi connectivity index (χ3v) is 6.04. The fourth-order valence-electron chi connectivity index (χ4n) is 3.32. The fourth-order valence-corrected chi connectivity index (χ4v) is 4.23. The number of anilines is 2. The number of thioether (sulfide) groups is 1. The highest BCUT2D eigenvalue weighted by atomic mass is 32.2. The molecule has 1 N–H and O–H groups in total. The summed E-state index contributed by atoms with van der Waals surface area (Å²) in [6.07, 6.45) is 5.89. The molecular weight excluding hydrogens is 365 g/mol. The Balaban J connectivity index is 1.47. The van der Waals surface area contributed by atoms with Gasteiger partial charge in [0.2, 0.25) is 11.9 Å². The lowest BCUT2D eigenvalue weighted by Crippen LogP contribution is -2.32. The number of nitrogens with one attached hydrogen (secondary N) is 1. The standard InChI is InChI=1S/C19H24FN5OS/c1-13(17(26)21-16-8-4-3-7-15(16)20)27-19-23-22-18(25(19)14-9-10-14)24-11-5-2-6-12-24/h3-4,7-8,13-14H,2,5-6,9-12H2,1H3,(H,21,26). The van der Waals surface area contributed by atoms with E-state index in [-0.39, 0.29) is 11.6 Å². The molecule has 1 atom stereocenters. The summed E-state index contributed by atoms with van der Waals surface area (Å²) in [5.74, 6) is 0.257. The molecule has 2 aromatic rings. The summed E-state index contributed by atoms with van der Waals surface area (Å²) >= 11 is 1.38. The zero-order valence-electron chi connectivity index (χ0n) is 15.4. The number of para-hydroxylation sites is 1. The molecule has 6 nitrogen and oxygen atoms in total. The van der Waals surface area contributed by atoms with Crippen LogP contribution in [0.5, 0.6) is 0 Å². The van der Waals surface area contributed by atoms with E-state index in [1.54, 1.807) is 18.2 Å². The van der Waals surface area contributed by atoms with E-state index >= 15 is 0 Å². The van der Waals surface area contributed by atoms with E-state index < -0.39 is 11.1 Å². The zero-order valence-corrected chi connectivity index (χ0v) is 16.2. The molecule has 27 heavy (non-hydrogen) atoms. The second-order valence-electron chi connectivity index (χ2n) is 7.16. The molecule has 2 fully saturated rings. The van der Waals surface area contributed by atoms with Crippen molar-refractivity contribution in [2.24, 2.45) is 0 Å². The van der Waals surface area contributed by atoms with E-state index in [1.165, 1.54) is 37.1 Å². The number of aromatic nitrogens is 3. The Bertz CT molecular complexity index is 816. The first-order valence-corrected chi connectivity index (χ1v) is 10.4. The van der Waals surface area contributed by atoms with Gasteiger partial charge in [-0.1, -0.05) is 23.9 Å². The molecule has 1 unspecified atom stereocenters. The van der Waals surface area contributed by atoms with Crippen LogP contribution < -0.4 is 10.2 Å². The van der Waals surface area contributed by atoms with Gasteiger partial charge in [0.15, 0.2) is 5.16 Å².